The minimum atomic E-state index is -0.546. The van der Waals surface area contributed by atoms with Gasteiger partial charge in [0, 0.05) is 18.5 Å². The summed E-state index contributed by atoms with van der Waals surface area (Å²) in [7, 11) is 0. The van der Waals surface area contributed by atoms with Crippen LogP contribution in [0.1, 0.15) is 29.5 Å². The number of hydrogen-bond donors (Lipinski definition) is 2. The molecule has 2 N–H and O–H groups in total. The predicted molar refractivity (Wildman–Crippen MR) is 99.9 cm³/mol. The van der Waals surface area contributed by atoms with Gasteiger partial charge in [-0.2, -0.15) is 0 Å². The van der Waals surface area contributed by atoms with Gasteiger partial charge in [-0.05, 0) is 42.3 Å². The fraction of sp³-hybridized carbons (Fsp3) is 0.211. The van der Waals surface area contributed by atoms with Gasteiger partial charge in [-0.15, -0.1) is 0 Å². The molecule has 27 heavy (non-hydrogen) atoms. The van der Waals surface area contributed by atoms with E-state index in [-0.39, 0.29) is 30.6 Å². The second kappa shape index (κ2) is 10.2. The van der Waals surface area contributed by atoms with Crippen LogP contribution in [0.5, 0.6) is 0 Å². The zero-order valence-corrected chi connectivity index (χ0v) is 15.4. The van der Waals surface area contributed by atoms with Crippen LogP contribution in [0, 0.1) is 0 Å². The summed E-state index contributed by atoms with van der Waals surface area (Å²) < 4.78 is 9.85. The largest absolute Gasteiger partial charge is 0.466 e. The van der Waals surface area contributed by atoms with Crippen molar-refractivity contribution >= 4 is 35.5 Å². The van der Waals surface area contributed by atoms with Crippen LogP contribution < -0.4 is 10.6 Å². The number of carbonyl (C=O) groups excluding carboxylic acids is 3. The third-order valence-corrected chi connectivity index (χ3v) is 3.58. The van der Waals surface area contributed by atoms with Crippen LogP contribution in [0.3, 0.4) is 0 Å². The molecule has 2 rings (SSSR count). The molecule has 0 radical (unpaired) electrons. The van der Waals surface area contributed by atoms with Gasteiger partial charge in [0.05, 0.1) is 12.9 Å². The number of esters is 1. The highest BCUT2D eigenvalue weighted by atomic mass is 35.5. The zero-order chi connectivity index (χ0) is 19.6. The molecule has 1 heterocycles. The van der Waals surface area contributed by atoms with E-state index in [0.29, 0.717) is 17.0 Å². The topological polar surface area (TPSA) is 97.6 Å². The minimum Gasteiger partial charge on any atom is -0.466 e. The van der Waals surface area contributed by atoms with E-state index in [2.05, 4.69) is 10.6 Å². The smallest absolute Gasteiger partial charge is 0.302 e. The molecular weight excluding hydrogens is 372 g/mol. The molecule has 2 aromatic rings. The van der Waals surface area contributed by atoms with Gasteiger partial charge in [0.1, 0.15) is 5.70 Å². The van der Waals surface area contributed by atoms with Gasteiger partial charge >= 0.3 is 5.97 Å². The standard InChI is InChI=1S/C19H19ClN2O5/c1-13(23)26-11-3-9-21-18(24)16(12-14-5-7-15(20)8-6-14)22-19(25)17-4-2-10-27-17/h2,4-8,10,12H,3,9,11H2,1H3,(H,21,24)(H,22,25). The molecule has 0 aliphatic heterocycles. The van der Waals surface area contributed by atoms with Gasteiger partial charge in [0.2, 0.25) is 0 Å². The Bertz CT molecular complexity index is 813. The lowest BCUT2D eigenvalue weighted by atomic mass is 10.2. The first-order valence-electron chi connectivity index (χ1n) is 8.19. The molecule has 0 bridgehead atoms. The van der Waals surface area contributed by atoms with E-state index in [0.717, 1.165) is 0 Å². The molecule has 1 aromatic carbocycles. The molecule has 2 amide bonds. The Kier molecular flexibility index (Phi) is 7.63. The van der Waals surface area contributed by atoms with Crippen molar-refractivity contribution in [3.63, 3.8) is 0 Å². The molecule has 0 fully saturated rings. The molecule has 1 aromatic heterocycles. The average molecular weight is 391 g/mol. The van der Waals surface area contributed by atoms with Gasteiger partial charge in [-0.1, -0.05) is 23.7 Å². The van der Waals surface area contributed by atoms with Crippen LogP contribution >= 0.6 is 11.6 Å². The first-order valence-corrected chi connectivity index (χ1v) is 8.57. The van der Waals surface area contributed by atoms with Crippen LogP contribution in [0.2, 0.25) is 5.02 Å². The molecule has 0 unspecified atom stereocenters. The summed E-state index contributed by atoms with van der Waals surface area (Å²) in [5.41, 5.74) is 0.732. The minimum absolute atomic E-state index is 0.0474. The molecule has 0 saturated heterocycles. The lowest BCUT2D eigenvalue weighted by Crippen LogP contribution is -2.35. The highest BCUT2D eigenvalue weighted by molar-refractivity contribution is 6.30. The Balaban J connectivity index is 2.06. The maximum absolute atomic E-state index is 12.5. The third kappa shape index (κ3) is 6.99. The van der Waals surface area contributed by atoms with Gasteiger partial charge in [-0.25, -0.2) is 0 Å². The molecule has 0 aliphatic rings. The fourth-order valence-electron chi connectivity index (χ4n) is 2.06. The number of furan rings is 1. The van der Waals surface area contributed by atoms with E-state index in [1.165, 1.54) is 25.3 Å². The summed E-state index contributed by atoms with van der Waals surface area (Å²) in [6.07, 6.45) is 3.34. The zero-order valence-electron chi connectivity index (χ0n) is 14.7. The van der Waals surface area contributed by atoms with Crippen molar-refractivity contribution in [3.8, 4) is 0 Å². The van der Waals surface area contributed by atoms with E-state index in [1.54, 1.807) is 30.3 Å². The van der Waals surface area contributed by atoms with Crippen LogP contribution in [0.15, 0.2) is 52.8 Å². The maximum Gasteiger partial charge on any atom is 0.302 e. The van der Waals surface area contributed by atoms with Gasteiger partial charge < -0.3 is 19.8 Å². The maximum atomic E-state index is 12.5. The quantitative estimate of drug-likeness (QED) is 0.410. The van der Waals surface area contributed by atoms with Crippen LogP contribution in [0.25, 0.3) is 6.08 Å². The van der Waals surface area contributed by atoms with Crippen LogP contribution in [-0.2, 0) is 14.3 Å². The highest BCUT2D eigenvalue weighted by Gasteiger charge is 2.16. The summed E-state index contributed by atoms with van der Waals surface area (Å²) in [6.45, 7) is 1.79. The molecular formula is C19H19ClN2O5. The number of hydrogen-bond acceptors (Lipinski definition) is 5. The Morgan fingerprint density at radius 2 is 1.93 bits per heavy atom. The number of amides is 2. The Morgan fingerprint density at radius 3 is 2.56 bits per heavy atom. The van der Waals surface area contributed by atoms with E-state index in [4.69, 9.17) is 20.8 Å². The second-order valence-electron chi connectivity index (χ2n) is 5.49. The summed E-state index contributed by atoms with van der Waals surface area (Å²) in [4.78, 5) is 35.4. The third-order valence-electron chi connectivity index (χ3n) is 3.33. The highest BCUT2D eigenvalue weighted by Crippen LogP contribution is 2.12. The SMILES string of the molecule is CC(=O)OCCCNC(=O)C(=Cc1ccc(Cl)cc1)NC(=O)c1ccco1. The average Bonchev–Trinajstić information content (AvgIpc) is 3.17. The lowest BCUT2D eigenvalue weighted by Gasteiger charge is -2.10. The van der Waals surface area contributed by atoms with Crippen LogP contribution in [-0.4, -0.2) is 30.9 Å². The molecule has 0 saturated carbocycles. The second-order valence-corrected chi connectivity index (χ2v) is 5.93. The molecule has 7 nitrogen and oxygen atoms in total. The van der Waals surface area contributed by atoms with E-state index in [1.807, 2.05) is 0 Å². The molecule has 0 atom stereocenters. The van der Waals surface area contributed by atoms with Crippen molar-refractivity contribution in [2.24, 2.45) is 0 Å². The van der Waals surface area contributed by atoms with Crippen molar-refractivity contribution < 1.29 is 23.5 Å². The normalized spacial score (nSPS) is 11.0. The summed E-state index contributed by atoms with van der Waals surface area (Å²) in [5, 5.41) is 5.77. The van der Waals surface area contributed by atoms with Crippen molar-refractivity contribution in [2.75, 3.05) is 13.2 Å². The van der Waals surface area contributed by atoms with E-state index < -0.39 is 11.8 Å². The van der Waals surface area contributed by atoms with E-state index >= 15 is 0 Å². The summed E-state index contributed by atoms with van der Waals surface area (Å²) in [6, 6.07) is 9.86. The Hall–Kier alpha value is -3.06. The monoisotopic (exact) mass is 390 g/mol. The number of carbonyl (C=O) groups is 3. The first kappa shape index (κ1) is 20.3. The number of ether oxygens (including phenoxy) is 1. The Morgan fingerprint density at radius 1 is 1.19 bits per heavy atom. The van der Waals surface area contributed by atoms with Gasteiger partial charge in [-0.3, -0.25) is 14.4 Å². The summed E-state index contributed by atoms with van der Waals surface area (Å²) in [5.74, 6) is -1.32. The van der Waals surface area contributed by atoms with Crippen molar-refractivity contribution in [1.29, 1.82) is 0 Å². The predicted octanol–water partition coefficient (Wildman–Crippen LogP) is 2.77. The van der Waals surface area contributed by atoms with Crippen molar-refractivity contribution in [2.45, 2.75) is 13.3 Å². The fourth-order valence-corrected chi connectivity index (χ4v) is 2.19. The number of nitrogens with one attached hydrogen (secondary N) is 2. The lowest BCUT2D eigenvalue weighted by molar-refractivity contribution is -0.140. The Labute approximate surface area is 161 Å². The molecule has 142 valence electrons. The molecule has 0 aliphatic carbocycles. The number of rotatable bonds is 8. The van der Waals surface area contributed by atoms with Gasteiger partial charge in [0.25, 0.3) is 11.8 Å². The molecule has 0 spiro atoms. The number of benzene rings is 1. The van der Waals surface area contributed by atoms with Crippen LogP contribution in [0.4, 0.5) is 0 Å². The van der Waals surface area contributed by atoms with E-state index in [9.17, 15) is 14.4 Å². The van der Waals surface area contributed by atoms with Crippen molar-refractivity contribution in [1.82, 2.24) is 10.6 Å². The van der Waals surface area contributed by atoms with Gasteiger partial charge in [0.15, 0.2) is 5.76 Å². The van der Waals surface area contributed by atoms with Crippen molar-refractivity contribution in [3.05, 3.63) is 64.7 Å². The number of halogens is 1. The first-order chi connectivity index (χ1) is 13.0. The molecule has 8 heteroatoms. The summed E-state index contributed by atoms with van der Waals surface area (Å²) >= 11 is 5.87.